The molecular weight excluding hydrogens is 156 g/mol. The van der Waals surface area contributed by atoms with Crippen LogP contribution in [-0.4, -0.2) is 4.98 Å². The Morgan fingerprint density at radius 1 is 1.64 bits per heavy atom. The first-order valence-electron chi connectivity index (χ1n) is 3.26. The summed E-state index contributed by atoms with van der Waals surface area (Å²) in [4.78, 5) is 4.24. The van der Waals surface area contributed by atoms with Gasteiger partial charge in [0.25, 0.3) is 0 Å². The highest BCUT2D eigenvalue weighted by Gasteiger charge is 1.93. The fourth-order valence-corrected chi connectivity index (χ4v) is 1.16. The summed E-state index contributed by atoms with van der Waals surface area (Å²) in [5, 5.41) is 10.3. The largest absolute Gasteiger partial charge is 0.257 e. The lowest BCUT2D eigenvalue weighted by Crippen LogP contribution is -1.87. The lowest BCUT2D eigenvalue weighted by atomic mass is 10.3. The number of rotatable bonds is 2. The molecule has 0 atom stereocenters. The molecule has 0 spiro atoms. The van der Waals surface area contributed by atoms with Crippen molar-refractivity contribution in [1.29, 1.82) is 5.26 Å². The fraction of sp³-hybridized carbons (Fsp3) is 0.250. The first-order valence-corrected chi connectivity index (χ1v) is 4.25. The summed E-state index contributed by atoms with van der Waals surface area (Å²) in [5.41, 5.74) is 1.97. The summed E-state index contributed by atoms with van der Waals surface area (Å²) in [7, 11) is 0. The Balaban J connectivity index is 2.65. The predicted molar refractivity (Wildman–Crippen MR) is 45.9 cm³/mol. The molecule has 0 saturated carbocycles. The molecule has 0 saturated heterocycles. The van der Waals surface area contributed by atoms with Gasteiger partial charge in [0.05, 0.1) is 11.4 Å². The molecule has 11 heavy (non-hydrogen) atoms. The van der Waals surface area contributed by atoms with Crippen LogP contribution in [0.1, 0.15) is 11.4 Å². The number of thiocyanates is 1. The van der Waals surface area contributed by atoms with Crippen LogP contribution in [0.15, 0.2) is 18.2 Å². The molecular formula is C8H8N2S. The van der Waals surface area contributed by atoms with Crippen LogP contribution in [0.4, 0.5) is 0 Å². The van der Waals surface area contributed by atoms with Crippen LogP contribution in [0, 0.1) is 17.6 Å². The number of pyridine rings is 1. The van der Waals surface area contributed by atoms with E-state index in [-0.39, 0.29) is 0 Å². The van der Waals surface area contributed by atoms with Crippen LogP contribution < -0.4 is 0 Å². The van der Waals surface area contributed by atoms with Gasteiger partial charge in [-0.1, -0.05) is 6.07 Å². The Morgan fingerprint density at radius 2 is 2.45 bits per heavy atom. The van der Waals surface area contributed by atoms with E-state index in [4.69, 9.17) is 5.26 Å². The second kappa shape index (κ2) is 3.99. The fourth-order valence-electron chi connectivity index (χ4n) is 0.786. The van der Waals surface area contributed by atoms with Crippen molar-refractivity contribution >= 4 is 11.8 Å². The van der Waals surface area contributed by atoms with E-state index in [0.29, 0.717) is 5.75 Å². The molecule has 0 aliphatic rings. The maximum atomic E-state index is 8.28. The average molecular weight is 164 g/mol. The summed E-state index contributed by atoms with van der Waals surface area (Å²) < 4.78 is 0. The Kier molecular flexibility index (Phi) is 2.94. The van der Waals surface area contributed by atoms with Crippen LogP contribution in [0.3, 0.4) is 0 Å². The molecule has 2 nitrogen and oxygen atoms in total. The van der Waals surface area contributed by atoms with Gasteiger partial charge in [-0.2, -0.15) is 5.26 Å². The summed E-state index contributed by atoms with van der Waals surface area (Å²) in [6.45, 7) is 1.94. The zero-order chi connectivity index (χ0) is 8.10. The summed E-state index contributed by atoms with van der Waals surface area (Å²) in [5.74, 6) is 0.679. The third-order valence-corrected chi connectivity index (χ3v) is 1.80. The second-order valence-corrected chi connectivity index (χ2v) is 2.91. The Labute approximate surface area is 70.3 Å². The number of hydrogen-bond acceptors (Lipinski definition) is 3. The smallest absolute Gasteiger partial charge is 0.133 e. The third-order valence-electron chi connectivity index (χ3n) is 1.23. The van der Waals surface area contributed by atoms with Crippen molar-refractivity contribution < 1.29 is 0 Å². The van der Waals surface area contributed by atoms with Crippen LogP contribution in [0.2, 0.25) is 0 Å². The van der Waals surface area contributed by atoms with Gasteiger partial charge in [-0.25, -0.2) is 0 Å². The Bertz CT molecular complexity index is 278. The Morgan fingerprint density at radius 3 is 3.09 bits per heavy atom. The van der Waals surface area contributed by atoms with Gasteiger partial charge in [0.1, 0.15) is 5.40 Å². The van der Waals surface area contributed by atoms with E-state index in [1.807, 2.05) is 30.5 Å². The maximum absolute atomic E-state index is 8.28. The average Bonchev–Trinajstić information content (AvgIpc) is 2.01. The van der Waals surface area contributed by atoms with Gasteiger partial charge >= 0.3 is 0 Å². The summed E-state index contributed by atoms with van der Waals surface area (Å²) >= 11 is 1.21. The molecule has 0 amide bonds. The monoisotopic (exact) mass is 164 g/mol. The minimum absolute atomic E-state index is 0.679. The van der Waals surface area contributed by atoms with Crippen LogP contribution in [0.25, 0.3) is 0 Å². The Hall–Kier alpha value is -1.01. The first-order chi connectivity index (χ1) is 5.33. The van der Waals surface area contributed by atoms with Crippen LogP contribution in [0.5, 0.6) is 0 Å². The number of nitrogens with zero attached hydrogens (tertiary/aromatic N) is 2. The van der Waals surface area contributed by atoms with Gasteiger partial charge in [-0.05, 0) is 30.8 Å². The van der Waals surface area contributed by atoms with Crippen LogP contribution in [-0.2, 0) is 5.75 Å². The molecule has 1 rings (SSSR count). The van der Waals surface area contributed by atoms with Crippen molar-refractivity contribution in [3.8, 4) is 5.40 Å². The zero-order valence-corrected chi connectivity index (χ0v) is 7.06. The lowest BCUT2D eigenvalue weighted by Gasteiger charge is -1.95. The van der Waals surface area contributed by atoms with E-state index in [1.165, 1.54) is 11.8 Å². The molecule has 1 aromatic rings. The van der Waals surface area contributed by atoms with Gasteiger partial charge in [-0.3, -0.25) is 4.98 Å². The van der Waals surface area contributed by atoms with Gasteiger partial charge in [0.2, 0.25) is 0 Å². The number of thioether (sulfide) groups is 1. The van der Waals surface area contributed by atoms with Crippen molar-refractivity contribution in [1.82, 2.24) is 4.98 Å². The molecule has 0 fully saturated rings. The molecule has 0 unspecified atom stereocenters. The van der Waals surface area contributed by atoms with E-state index in [2.05, 4.69) is 4.98 Å². The molecule has 0 aliphatic carbocycles. The van der Waals surface area contributed by atoms with Gasteiger partial charge in [0, 0.05) is 5.69 Å². The molecule has 3 heteroatoms. The number of nitriles is 1. The highest BCUT2D eigenvalue weighted by Crippen LogP contribution is 2.07. The van der Waals surface area contributed by atoms with Gasteiger partial charge in [0.15, 0.2) is 0 Å². The summed E-state index contributed by atoms with van der Waals surface area (Å²) in [6, 6.07) is 5.83. The number of aryl methyl sites for hydroxylation is 1. The summed E-state index contributed by atoms with van der Waals surface area (Å²) in [6.07, 6.45) is 0. The molecule has 0 aliphatic heterocycles. The molecule has 1 aromatic heterocycles. The van der Waals surface area contributed by atoms with Crippen LogP contribution >= 0.6 is 11.8 Å². The molecule has 0 radical (unpaired) electrons. The second-order valence-electron chi connectivity index (χ2n) is 2.15. The molecule has 0 bridgehead atoms. The van der Waals surface area contributed by atoms with Gasteiger partial charge in [-0.15, -0.1) is 0 Å². The highest BCUT2D eigenvalue weighted by atomic mass is 32.2. The van der Waals surface area contributed by atoms with E-state index in [0.717, 1.165) is 11.4 Å². The molecule has 0 N–H and O–H groups in total. The van der Waals surface area contributed by atoms with Crippen molar-refractivity contribution in [3.63, 3.8) is 0 Å². The highest BCUT2D eigenvalue weighted by molar-refractivity contribution is 8.02. The first kappa shape index (κ1) is 8.09. The number of hydrogen-bond donors (Lipinski definition) is 0. The number of aromatic nitrogens is 1. The zero-order valence-electron chi connectivity index (χ0n) is 6.24. The minimum atomic E-state index is 0.679. The van der Waals surface area contributed by atoms with Crippen molar-refractivity contribution in [2.45, 2.75) is 12.7 Å². The maximum Gasteiger partial charge on any atom is 0.133 e. The molecule has 1 heterocycles. The van der Waals surface area contributed by atoms with E-state index in [1.54, 1.807) is 0 Å². The minimum Gasteiger partial charge on any atom is -0.257 e. The third kappa shape index (κ3) is 2.60. The van der Waals surface area contributed by atoms with E-state index in [9.17, 15) is 0 Å². The predicted octanol–water partition coefficient (Wildman–Crippen LogP) is 2.10. The van der Waals surface area contributed by atoms with Crippen molar-refractivity contribution in [2.24, 2.45) is 0 Å². The quantitative estimate of drug-likeness (QED) is 0.628. The normalized spacial score (nSPS) is 9.09. The van der Waals surface area contributed by atoms with Crippen molar-refractivity contribution in [3.05, 3.63) is 29.6 Å². The molecule has 56 valence electrons. The van der Waals surface area contributed by atoms with E-state index >= 15 is 0 Å². The topological polar surface area (TPSA) is 36.7 Å². The molecule has 0 aromatic carbocycles. The standard InChI is InChI=1S/C8H8N2S/c1-7-3-2-4-8(10-7)5-11-6-9/h2-4H,5H2,1H3. The SMILES string of the molecule is Cc1cccc(CSC#N)n1. The van der Waals surface area contributed by atoms with E-state index < -0.39 is 0 Å². The lowest BCUT2D eigenvalue weighted by molar-refractivity contribution is 1.11. The van der Waals surface area contributed by atoms with Gasteiger partial charge < -0.3 is 0 Å². The van der Waals surface area contributed by atoms with Crippen molar-refractivity contribution in [2.75, 3.05) is 0 Å².